The Labute approximate surface area is 141 Å². The van der Waals surface area contributed by atoms with Crippen molar-refractivity contribution in [3.05, 3.63) is 81.2 Å². The Balaban J connectivity index is 2.01. The first kappa shape index (κ1) is 16.3. The summed E-state index contributed by atoms with van der Waals surface area (Å²) in [4.78, 5) is 41.1. The second-order valence-corrected chi connectivity index (χ2v) is 5.34. The van der Waals surface area contributed by atoms with Crippen LogP contribution in [0.5, 0.6) is 5.88 Å². The SMILES string of the molecule is C=CCn1c(O)c(C(=O)/C=C/c2c[nH]c3ccccc23)c(=O)[nH]c1=O. The Morgan fingerprint density at radius 2 is 2.04 bits per heavy atom. The van der Waals surface area contributed by atoms with Gasteiger partial charge in [-0.05, 0) is 23.8 Å². The van der Waals surface area contributed by atoms with Gasteiger partial charge in [0.05, 0.1) is 0 Å². The molecule has 2 heterocycles. The summed E-state index contributed by atoms with van der Waals surface area (Å²) in [5.74, 6) is -1.39. The summed E-state index contributed by atoms with van der Waals surface area (Å²) in [6.07, 6.45) is 5.83. The van der Waals surface area contributed by atoms with Crippen molar-refractivity contribution in [2.75, 3.05) is 0 Å². The normalized spacial score (nSPS) is 11.2. The Morgan fingerprint density at radius 1 is 1.28 bits per heavy atom. The maximum Gasteiger partial charge on any atom is 0.331 e. The maximum atomic E-state index is 12.4. The summed E-state index contributed by atoms with van der Waals surface area (Å²) >= 11 is 0. The molecule has 7 heteroatoms. The van der Waals surface area contributed by atoms with Crippen molar-refractivity contribution in [3.63, 3.8) is 0 Å². The lowest BCUT2D eigenvalue weighted by molar-refractivity contribution is 0.104. The average molecular weight is 337 g/mol. The summed E-state index contributed by atoms with van der Waals surface area (Å²) in [5, 5.41) is 11.0. The number of aromatic amines is 2. The van der Waals surface area contributed by atoms with Gasteiger partial charge in [-0.1, -0.05) is 24.3 Å². The van der Waals surface area contributed by atoms with E-state index in [9.17, 15) is 19.5 Å². The van der Waals surface area contributed by atoms with Crippen LogP contribution in [0.25, 0.3) is 17.0 Å². The predicted octanol–water partition coefficient (Wildman–Crippen LogP) is 1.81. The lowest BCUT2D eigenvalue weighted by atomic mass is 10.1. The van der Waals surface area contributed by atoms with Gasteiger partial charge in [0.1, 0.15) is 5.56 Å². The molecule has 0 unspecified atom stereocenters. The van der Waals surface area contributed by atoms with E-state index in [1.807, 2.05) is 29.2 Å². The fourth-order valence-corrected chi connectivity index (χ4v) is 2.56. The van der Waals surface area contributed by atoms with Crippen molar-refractivity contribution >= 4 is 22.8 Å². The van der Waals surface area contributed by atoms with Crippen molar-refractivity contribution in [1.29, 1.82) is 0 Å². The molecule has 0 fully saturated rings. The van der Waals surface area contributed by atoms with E-state index in [0.29, 0.717) is 0 Å². The highest BCUT2D eigenvalue weighted by molar-refractivity contribution is 6.08. The molecule has 1 aromatic carbocycles. The van der Waals surface area contributed by atoms with E-state index in [0.717, 1.165) is 21.0 Å². The fourth-order valence-electron chi connectivity index (χ4n) is 2.56. The Kier molecular flexibility index (Phi) is 4.21. The first-order chi connectivity index (χ1) is 12.0. The standard InChI is InChI=1S/C18H15N3O4/c1-2-9-21-17(24)15(16(23)20-18(21)25)14(22)8-7-11-10-19-13-6-4-3-5-12(11)13/h2-8,10,19,24H,1,9H2,(H,20,23,25)/b8-7+. The van der Waals surface area contributed by atoms with Crippen LogP contribution in [0.15, 0.2) is 58.8 Å². The summed E-state index contributed by atoms with van der Waals surface area (Å²) in [6.45, 7) is 3.44. The third kappa shape index (κ3) is 2.94. The van der Waals surface area contributed by atoms with Gasteiger partial charge in [0.15, 0.2) is 5.78 Å². The number of nitrogens with one attached hydrogen (secondary N) is 2. The minimum atomic E-state index is -0.934. The highest BCUT2D eigenvalue weighted by atomic mass is 16.3. The number of carbonyl (C=O) groups excluding carboxylic acids is 1. The molecule has 0 radical (unpaired) electrons. The molecule has 0 aliphatic heterocycles. The summed E-state index contributed by atoms with van der Waals surface area (Å²) in [5.41, 5.74) is -0.553. The van der Waals surface area contributed by atoms with E-state index in [2.05, 4.69) is 11.6 Å². The molecule has 7 nitrogen and oxygen atoms in total. The van der Waals surface area contributed by atoms with Crippen LogP contribution in [0.4, 0.5) is 0 Å². The average Bonchev–Trinajstić information content (AvgIpc) is 3.00. The number of aromatic hydroxyl groups is 1. The highest BCUT2D eigenvalue weighted by Crippen LogP contribution is 2.19. The van der Waals surface area contributed by atoms with E-state index < -0.39 is 28.5 Å². The molecule has 0 aliphatic carbocycles. The van der Waals surface area contributed by atoms with E-state index in [-0.39, 0.29) is 6.54 Å². The number of aromatic nitrogens is 3. The molecular weight excluding hydrogens is 322 g/mol. The number of nitrogens with zero attached hydrogens (tertiary/aromatic N) is 1. The molecule has 0 atom stereocenters. The topological polar surface area (TPSA) is 108 Å². The number of benzene rings is 1. The van der Waals surface area contributed by atoms with E-state index in [1.165, 1.54) is 12.2 Å². The molecule has 2 aromatic heterocycles. The molecule has 0 aliphatic rings. The van der Waals surface area contributed by atoms with Crippen LogP contribution >= 0.6 is 0 Å². The summed E-state index contributed by atoms with van der Waals surface area (Å²) in [7, 11) is 0. The smallest absolute Gasteiger partial charge is 0.331 e. The number of para-hydroxylation sites is 1. The van der Waals surface area contributed by atoms with Crippen molar-refractivity contribution in [2.24, 2.45) is 0 Å². The van der Waals surface area contributed by atoms with Crippen LogP contribution in [0, 0.1) is 0 Å². The van der Waals surface area contributed by atoms with Crippen LogP contribution in [0.2, 0.25) is 0 Å². The molecule has 3 N–H and O–H groups in total. The number of rotatable bonds is 5. The van der Waals surface area contributed by atoms with Gasteiger partial charge in [-0.3, -0.25) is 19.1 Å². The van der Waals surface area contributed by atoms with Gasteiger partial charge in [0, 0.05) is 23.6 Å². The maximum absolute atomic E-state index is 12.4. The second kappa shape index (κ2) is 6.48. The molecule has 0 bridgehead atoms. The molecule has 0 saturated carbocycles. The quantitative estimate of drug-likeness (QED) is 0.375. The number of H-pyrrole nitrogens is 2. The van der Waals surface area contributed by atoms with Crippen LogP contribution in [0.1, 0.15) is 15.9 Å². The first-order valence-electron chi connectivity index (χ1n) is 7.48. The molecule has 3 aromatic rings. The lowest BCUT2D eigenvalue weighted by Crippen LogP contribution is -2.33. The number of hydrogen-bond donors (Lipinski definition) is 3. The van der Waals surface area contributed by atoms with Gasteiger partial charge in [-0.2, -0.15) is 0 Å². The Bertz CT molecular complexity index is 1120. The van der Waals surface area contributed by atoms with Crippen molar-refractivity contribution < 1.29 is 9.90 Å². The molecule has 3 rings (SSSR count). The van der Waals surface area contributed by atoms with Crippen molar-refractivity contribution in [3.8, 4) is 5.88 Å². The third-order valence-electron chi connectivity index (χ3n) is 3.77. The van der Waals surface area contributed by atoms with Gasteiger partial charge < -0.3 is 10.1 Å². The number of ketones is 1. The monoisotopic (exact) mass is 337 g/mol. The Hall–Kier alpha value is -3.61. The number of carbonyl (C=O) groups is 1. The second-order valence-electron chi connectivity index (χ2n) is 5.34. The molecule has 0 saturated heterocycles. The number of hydrogen-bond acceptors (Lipinski definition) is 4. The zero-order valence-corrected chi connectivity index (χ0v) is 13.2. The van der Waals surface area contributed by atoms with Crippen molar-refractivity contribution in [2.45, 2.75) is 6.54 Å². The first-order valence-corrected chi connectivity index (χ1v) is 7.48. The highest BCUT2D eigenvalue weighted by Gasteiger charge is 2.18. The lowest BCUT2D eigenvalue weighted by Gasteiger charge is -2.07. The Morgan fingerprint density at radius 3 is 2.80 bits per heavy atom. The van der Waals surface area contributed by atoms with Gasteiger partial charge in [0.2, 0.25) is 5.88 Å². The molecular formula is C18H15N3O4. The zero-order chi connectivity index (χ0) is 18.0. The summed E-state index contributed by atoms with van der Waals surface area (Å²) < 4.78 is 0.862. The van der Waals surface area contributed by atoms with Gasteiger partial charge >= 0.3 is 5.69 Å². The largest absolute Gasteiger partial charge is 0.494 e. The number of fused-ring (bicyclic) bond motifs is 1. The number of allylic oxidation sites excluding steroid dienone is 2. The molecule has 126 valence electrons. The molecule has 0 amide bonds. The van der Waals surface area contributed by atoms with Crippen molar-refractivity contribution in [1.82, 2.24) is 14.5 Å². The van der Waals surface area contributed by atoms with Gasteiger partial charge in [-0.15, -0.1) is 6.58 Å². The summed E-state index contributed by atoms with van der Waals surface area (Å²) in [6, 6.07) is 7.55. The molecule has 25 heavy (non-hydrogen) atoms. The van der Waals surface area contributed by atoms with Crippen LogP contribution < -0.4 is 11.2 Å². The van der Waals surface area contributed by atoms with Crippen LogP contribution in [0.3, 0.4) is 0 Å². The zero-order valence-electron chi connectivity index (χ0n) is 13.2. The minimum absolute atomic E-state index is 0.0338. The third-order valence-corrected chi connectivity index (χ3v) is 3.77. The van der Waals surface area contributed by atoms with E-state index in [4.69, 9.17) is 0 Å². The minimum Gasteiger partial charge on any atom is -0.494 e. The van der Waals surface area contributed by atoms with Gasteiger partial charge in [0.25, 0.3) is 5.56 Å². The van der Waals surface area contributed by atoms with Crippen LogP contribution in [-0.2, 0) is 6.54 Å². The van der Waals surface area contributed by atoms with Crippen LogP contribution in [-0.4, -0.2) is 25.4 Å². The van der Waals surface area contributed by atoms with E-state index in [1.54, 1.807) is 12.3 Å². The van der Waals surface area contributed by atoms with Gasteiger partial charge in [-0.25, -0.2) is 4.79 Å². The predicted molar refractivity (Wildman–Crippen MR) is 94.8 cm³/mol. The molecule has 0 spiro atoms. The van der Waals surface area contributed by atoms with E-state index >= 15 is 0 Å². The fraction of sp³-hybridized carbons (Fsp3) is 0.0556.